The predicted molar refractivity (Wildman–Crippen MR) is 79.8 cm³/mol. The third-order valence-electron chi connectivity index (χ3n) is 3.45. The van der Waals surface area contributed by atoms with Crippen LogP contribution in [-0.4, -0.2) is 31.9 Å². The van der Waals surface area contributed by atoms with Crippen molar-refractivity contribution in [2.45, 2.75) is 32.9 Å². The van der Waals surface area contributed by atoms with E-state index in [9.17, 15) is 9.90 Å². The van der Waals surface area contributed by atoms with Crippen LogP contribution in [0.3, 0.4) is 0 Å². The maximum atomic E-state index is 12.7. The quantitative estimate of drug-likeness (QED) is 0.917. The Morgan fingerprint density at radius 1 is 1.33 bits per heavy atom. The Kier molecular flexibility index (Phi) is 4.87. The summed E-state index contributed by atoms with van der Waals surface area (Å²) in [5.41, 5.74) is 1.03. The summed E-state index contributed by atoms with van der Waals surface area (Å²) in [5, 5.41) is 9.83. The monoisotopic (exact) mass is 285 g/mol. The summed E-state index contributed by atoms with van der Waals surface area (Å²) in [4.78, 5) is 22.4. The van der Waals surface area contributed by atoms with Gasteiger partial charge in [-0.25, -0.2) is 4.98 Å². The highest BCUT2D eigenvalue weighted by atomic mass is 16.3. The molecule has 0 fully saturated rings. The average Bonchev–Trinajstić information content (AvgIpc) is 2.53. The van der Waals surface area contributed by atoms with Crippen LogP contribution < -0.4 is 0 Å². The first kappa shape index (κ1) is 15.0. The van der Waals surface area contributed by atoms with Crippen LogP contribution in [0.2, 0.25) is 0 Å². The first-order chi connectivity index (χ1) is 10.1. The van der Waals surface area contributed by atoms with Crippen molar-refractivity contribution < 1.29 is 9.90 Å². The van der Waals surface area contributed by atoms with Crippen molar-refractivity contribution in [3.05, 3.63) is 54.1 Å². The molecule has 0 saturated heterocycles. The SMILES string of the molecule is CCC(C)N(Cc1cccnc1)C(=O)c1ncccc1O. The standard InChI is InChI=1S/C16H19N3O2/c1-3-12(2)19(11-13-6-4-8-17-10-13)16(21)15-14(20)7-5-9-18-15/h4-10,12,20H,3,11H2,1-2H3. The molecular weight excluding hydrogens is 266 g/mol. The maximum absolute atomic E-state index is 12.7. The number of amides is 1. The molecule has 2 aromatic rings. The second-order valence-electron chi connectivity index (χ2n) is 4.92. The van der Waals surface area contributed by atoms with Gasteiger partial charge in [-0.1, -0.05) is 13.0 Å². The van der Waals surface area contributed by atoms with Crippen molar-refractivity contribution >= 4 is 5.91 Å². The molecule has 0 bridgehead atoms. The van der Waals surface area contributed by atoms with E-state index in [-0.39, 0.29) is 23.4 Å². The lowest BCUT2D eigenvalue weighted by Gasteiger charge is -2.28. The Labute approximate surface area is 124 Å². The topological polar surface area (TPSA) is 66.3 Å². The molecule has 5 nitrogen and oxygen atoms in total. The summed E-state index contributed by atoms with van der Waals surface area (Å²) in [7, 11) is 0. The number of aromatic hydroxyl groups is 1. The smallest absolute Gasteiger partial charge is 0.276 e. The highest BCUT2D eigenvalue weighted by molar-refractivity contribution is 5.94. The van der Waals surface area contributed by atoms with Crippen LogP contribution in [0, 0.1) is 0 Å². The number of aromatic nitrogens is 2. The summed E-state index contributed by atoms with van der Waals surface area (Å²) in [6, 6.07) is 6.87. The van der Waals surface area contributed by atoms with E-state index < -0.39 is 0 Å². The second-order valence-corrected chi connectivity index (χ2v) is 4.92. The Morgan fingerprint density at radius 2 is 2.10 bits per heavy atom. The molecule has 0 aliphatic heterocycles. The van der Waals surface area contributed by atoms with E-state index in [1.807, 2.05) is 26.0 Å². The van der Waals surface area contributed by atoms with E-state index in [2.05, 4.69) is 9.97 Å². The van der Waals surface area contributed by atoms with Crippen LogP contribution in [0.4, 0.5) is 0 Å². The van der Waals surface area contributed by atoms with Gasteiger partial charge in [0.05, 0.1) is 0 Å². The van der Waals surface area contributed by atoms with Crippen molar-refractivity contribution in [2.75, 3.05) is 0 Å². The third kappa shape index (κ3) is 3.56. The summed E-state index contributed by atoms with van der Waals surface area (Å²) in [6.45, 7) is 4.44. The lowest BCUT2D eigenvalue weighted by molar-refractivity contribution is 0.0662. The fourth-order valence-corrected chi connectivity index (χ4v) is 2.03. The molecule has 0 spiro atoms. The molecule has 0 saturated carbocycles. The van der Waals surface area contributed by atoms with Gasteiger partial charge in [0, 0.05) is 31.2 Å². The lowest BCUT2D eigenvalue weighted by Crippen LogP contribution is -2.38. The molecule has 0 aliphatic carbocycles. The van der Waals surface area contributed by atoms with Crippen molar-refractivity contribution in [1.29, 1.82) is 0 Å². The Hall–Kier alpha value is -2.43. The molecule has 21 heavy (non-hydrogen) atoms. The fraction of sp³-hybridized carbons (Fsp3) is 0.312. The van der Waals surface area contributed by atoms with Gasteiger partial charge in [0.1, 0.15) is 5.75 Å². The molecule has 2 heterocycles. The summed E-state index contributed by atoms with van der Waals surface area (Å²) < 4.78 is 0. The molecule has 2 aromatic heterocycles. The molecule has 0 radical (unpaired) electrons. The summed E-state index contributed by atoms with van der Waals surface area (Å²) in [6.07, 6.45) is 5.76. The highest BCUT2D eigenvalue weighted by Gasteiger charge is 2.24. The van der Waals surface area contributed by atoms with E-state index in [4.69, 9.17) is 0 Å². The van der Waals surface area contributed by atoms with E-state index in [0.717, 1.165) is 12.0 Å². The number of carbonyl (C=O) groups is 1. The Balaban J connectivity index is 2.28. The Morgan fingerprint density at radius 3 is 2.71 bits per heavy atom. The lowest BCUT2D eigenvalue weighted by atomic mass is 10.1. The zero-order valence-corrected chi connectivity index (χ0v) is 12.2. The molecular formula is C16H19N3O2. The zero-order valence-electron chi connectivity index (χ0n) is 12.2. The minimum absolute atomic E-state index is 0.0408. The maximum Gasteiger partial charge on any atom is 0.276 e. The van der Waals surface area contributed by atoms with Crippen LogP contribution in [0.15, 0.2) is 42.9 Å². The predicted octanol–water partition coefficient (Wildman–Crippen LogP) is 2.62. The van der Waals surface area contributed by atoms with Crippen LogP contribution in [0.1, 0.15) is 36.3 Å². The minimum Gasteiger partial charge on any atom is -0.505 e. The summed E-state index contributed by atoms with van der Waals surface area (Å²) in [5.74, 6) is -0.367. The van der Waals surface area contributed by atoms with Crippen molar-refractivity contribution in [1.82, 2.24) is 14.9 Å². The Bertz CT molecular complexity index is 601. The van der Waals surface area contributed by atoms with Gasteiger partial charge in [-0.05, 0) is 37.1 Å². The second kappa shape index (κ2) is 6.83. The molecule has 0 aromatic carbocycles. The first-order valence-electron chi connectivity index (χ1n) is 6.97. The van der Waals surface area contributed by atoms with E-state index >= 15 is 0 Å². The normalized spacial score (nSPS) is 11.9. The van der Waals surface area contributed by atoms with Crippen molar-refractivity contribution in [3.8, 4) is 5.75 Å². The number of pyridine rings is 2. The van der Waals surface area contributed by atoms with Gasteiger partial charge < -0.3 is 10.0 Å². The largest absolute Gasteiger partial charge is 0.505 e. The third-order valence-corrected chi connectivity index (χ3v) is 3.45. The molecule has 1 unspecified atom stereocenters. The fourth-order valence-electron chi connectivity index (χ4n) is 2.03. The number of nitrogens with zero attached hydrogens (tertiary/aromatic N) is 3. The number of rotatable bonds is 5. The molecule has 1 atom stereocenters. The van der Waals surface area contributed by atoms with Gasteiger partial charge in [-0.3, -0.25) is 9.78 Å². The van der Waals surface area contributed by atoms with Gasteiger partial charge in [0.25, 0.3) is 5.91 Å². The van der Waals surface area contributed by atoms with E-state index in [1.165, 1.54) is 12.3 Å². The molecule has 1 amide bonds. The first-order valence-corrected chi connectivity index (χ1v) is 6.97. The van der Waals surface area contributed by atoms with Gasteiger partial charge in [-0.2, -0.15) is 0 Å². The van der Waals surface area contributed by atoms with Crippen molar-refractivity contribution in [2.24, 2.45) is 0 Å². The molecule has 2 rings (SSSR count). The van der Waals surface area contributed by atoms with Crippen LogP contribution in [0.25, 0.3) is 0 Å². The van der Waals surface area contributed by atoms with Gasteiger partial charge in [0.2, 0.25) is 0 Å². The van der Waals surface area contributed by atoms with E-state index in [0.29, 0.717) is 6.54 Å². The van der Waals surface area contributed by atoms with Gasteiger partial charge in [-0.15, -0.1) is 0 Å². The molecule has 5 heteroatoms. The van der Waals surface area contributed by atoms with Crippen molar-refractivity contribution in [3.63, 3.8) is 0 Å². The average molecular weight is 285 g/mol. The molecule has 0 aliphatic rings. The van der Waals surface area contributed by atoms with Crippen LogP contribution >= 0.6 is 0 Å². The summed E-state index contributed by atoms with van der Waals surface area (Å²) >= 11 is 0. The van der Waals surface area contributed by atoms with Crippen LogP contribution in [-0.2, 0) is 6.54 Å². The molecule has 110 valence electrons. The zero-order chi connectivity index (χ0) is 15.2. The minimum atomic E-state index is -0.272. The van der Waals surface area contributed by atoms with Crippen LogP contribution in [0.5, 0.6) is 5.75 Å². The van der Waals surface area contributed by atoms with E-state index in [1.54, 1.807) is 23.4 Å². The molecule has 1 N–H and O–H groups in total. The van der Waals surface area contributed by atoms with Gasteiger partial charge in [0.15, 0.2) is 5.69 Å². The number of hydrogen-bond donors (Lipinski definition) is 1. The number of carbonyl (C=O) groups excluding carboxylic acids is 1. The van der Waals surface area contributed by atoms with Gasteiger partial charge >= 0.3 is 0 Å². The number of hydrogen-bond acceptors (Lipinski definition) is 4. The highest BCUT2D eigenvalue weighted by Crippen LogP contribution is 2.19.